The summed E-state index contributed by atoms with van der Waals surface area (Å²) in [5.41, 5.74) is 0.806. The van der Waals surface area contributed by atoms with Crippen LogP contribution in [-0.2, 0) is 11.0 Å². The van der Waals surface area contributed by atoms with Crippen molar-refractivity contribution in [2.45, 2.75) is 11.8 Å². The quantitative estimate of drug-likeness (QED) is 0.707. The molecule has 60 valence electrons. The van der Waals surface area contributed by atoms with Crippen LogP contribution in [0.1, 0.15) is 5.69 Å². The molecule has 0 bridgehead atoms. The van der Waals surface area contributed by atoms with Gasteiger partial charge in [0.15, 0.2) is 0 Å². The first-order valence-corrected chi connectivity index (χ1v) is 4.41. The highest BCUT2D eigenvalue weighted by Crippen LogP contribution is 2.06. The number of hydrogen-bond acceptors (Lipinski definition) is 2. The molecule has 0 aromatic carbocycles. The summed E-state index contributed by atoms with van der Waals surface area (Å²) in [4.78, 5) is 4.76. The molecule has 0 saturated heterocycles. The third-order valence-corrected chi connectivity index (χ3v) is 2.55. The first-order valence-electron chi connectivity index (χ1n) is 3.26. The van der Waals surface area contributed by atoms with E-state index >= 15 is 0 Å². The fraction of sp³-hybridized carbons (Fsp3) is 0.286. The van der Waals surface area contributed by atoms with Crippen LogP contribution in [0.3, 0.4) is 0 Å². The van der Waals surface area contributed by atoms with Gasteiger partial charge in [0, 0.05) is 6.20 Å². The standard InChI is InChI=1S/C7H10N2OS/c1-6-7(11(10)8-2)4-3-5-9-6/h3-5,8H,1-2H3. The van der Waals surface area contributed by atoms with Crippen LogP contribution in [-0.4, -0.2) is 16.2 Å². The van der Waals surface area contributed by atoms with E-state index in [-0.39, 0.29) is 0 Å². The molecule has 0 fully saturated rings. The van der Waals surface area contributed by atoms with Gasteiger partial charge in [-0.15, -0.1) is 0 Å². The minimum absolute atomic E-state index is 0.745. The zero-order valence-corrected chi connectivity index (χ0v) is 7.31. The predicted molar refractivity (Wildman–Crippen MR) is 44.4 cm³/mol. The zero-order valence-electron chi connectivity index (χ0n) is 6.50. The average molecular weight is 170 g/mol. The molecular formula is C7H10N2OS. The van der Waals surface area contributed by atoms with Crippen molar-refractivity contribution >= 4 is 11.0 Å². The van der Waals surface area contributed by atoms with Gasteiger partial charge in [-0.3, -0.25) is 4.98 Å². The molecule has 0 saturated carbocycles. The molecule has 1 aromatic rings. The Balaban J connectivity index is 3.03. The van der Waals surface area contributed by atoms with Gasteiger partial charge in [0.2, 0.25) is 0 Å². The lowest BCUT2D eigenvalue weighted by Crippen LogP contribution is -2.12. The van der Waals surface area contributed by atoms with Crippen molar-refractivity contribution in [2.24, 2.45) is 0 Å². The lowest BCUT2D eigenvalue weighted by atomic mass is 10.4. The van der Waals surface area contributed by atoms with Gasteiger partial charge in [-0.1, -0.05) is 0 Å². The third-order valence-electron chi connectivity index (χ3n) is 1.34. The number of pyridine rings is 1. The Hall–Kier alpha value is -0.740. The third kappa shape index (κ3) is 1.85. The van der Waals surface area contributed by atoms with Gasteiger partial charge in [-0.25, -0.2) is 8.93 Å². The first-order chi connectivity index (χ1) is 5.25. The van der Waals surface area contributed by atoms with Crippen molar-refractivity contribution in [1.82, 2.24) is 9.71 Å². The van der Waals surface area contributed by atoms with Crippen LogP contribution in [0.15, 0.2) is 23.2 Å². The topological polar surface area (TPSA) is 42.0 Å². The van der Waals surface area contributed by atoms with E-state index in [9.17, 15) is 4.21 Å². The number of aromatic nitrogens is 1. The van der Waals surface area contributed by atoms with E-state index in [4.69, 9.17) is 0 Å². The Morgan fingerprint density at radius 3 is 2.91 bits per heavy atom. The summed E-state index contributed by atoms with van der Waals surface area (Å²) in [5.74, 6) is 0. The molecule has 1 unspecified atom stereocenters. The van der Waals surface area contributed by atoms with E-state index < -0.39 is 11.0 Å². The van der Waals surface area contributed by atoms with Crippen molar-refractivity contribution in [2.75, 3.05) is 7.05 Å². The average Bonchev–Trinajstić information content (AvgIpc) is 2.04. The normalized spacial score (nSPS) is 12.9. The van der Waals surface area contributed by atoms with Crippen molar-refractivity contribution in [1.29, 1.82) is 0 Å². The maximum Gasteiger partial charge on any atom is 0.126 e. The molecule has 1 rings (SSSR count). The maximum absolute atomic E-state index is 11.2. The molecule has 0 amide bonds. The molecular weight excluding hydrogens is 160 g/mol. The summed E-state index contributed by atoms with van der Waals surface area (Å²) in [5, 5.41) is 0. The second-order valence-corrected chi connectivity index (χ2v) is 3.45. The molecule has 11 heavy (non-hydrogen) atoms. The van der Waals surface area contributed by atoms with Crippen LogP contribution in [0, 0.1) is 6.92 Å². The molecule has 1 atom stereocenters. The highest BCUT2D eigenvalue weighted by atomic mass is 32.2. The van der Waals surface area contributed by atoms with Crippen LogP contribution < -0.4 is 4.72 Å². The van der Waals surface area contributed by atoms with Crippen molar-refractivity contribution < 1.29 is 4.21 Å². The van der Waals surface area contributed by atoms with Crippen LogP contribution in [0.4, 0.5) is 0 Å². The lowest BCUT2D eigenvalue weighted by molar-refractivity contribution is 0.677. The maximum atomic E-state index is 11.2. The highest BCUT2D eigenvalue weighted by molar-refractivity contribution is 7.83. The summed E-state index contributed by atoms with van der Waals surface area (Å²) in [6, 6.07) is 3.58. The number of nitrogens with one attached hydrogen (secondary N) is 1. The smallest absolute Gasteiger partial charge is 0.126 e. The van der Waals surface area contributed by atoms with E-state index in [1.54, 1.807) is 25.4 Å². The summed E-state index contributed by atoms with van der Waals surface area (Å²) in [6.07, 6.45) is 1.69. The predicted octanol–water partition coefficient (Wildman–Crippen LogP) is 0.632. The van der Waals surface area contributed by atoms with E-state index in [1.165, 1.54) is 0 Å². The number of nitrogens with zero attached hydrogens (tertiary/aromatic N) is 1. The van der Waals surface area contributed by atoms with Crippen LogP contribution in [0.5, 0.6) is 0 Å². The molecule has 0 aliphatic rings. The summed E-state index contributed by atoms with van der Waals surface area (Å²) >= 11 is 0. The van der Waals surface area contributed by atoms with E-state index in [1.807, 2.05) is 6.92 Å². The lowest BCUT2D eigenvalue weighted by Gasteiger charge is -2.01. The Kier molecular flexibility index (Phi) is 2.73. The van der Waals surface area contributed by atoms with E-state index in [0.29, 0.717) is 0 Å². The van der Waals surface area contributed by atoms with Crippen molar-refractivity contribution in [3.63, 3.8) is 0 Å². The fourth-order valence-corrected chi connectivity index (χ4v) is 1.52. The fourth-order valence-electron chi connectivity index (χ4n) is 0.775. The molecule has 3 nitrogen and oxygen atoms in total. The minimum Gasteiger partial charge on any atom is -0.260 e. The summed E-state index contributed by atoms with van der Waals surface area (Å²) in [6.45, 7) is 1.84. The van der Waals surface area contributed by atoms with Gasteiger partial charge in [0.25, 0.3) is 0 Å². The molecule has 0 radical (unpaired) electrons. The molecule has 1 heterocycles. The van der Waals surface area contributed by atoms with Crippen molar-refractivity contribution in [3.8, 4) is 0 Å². The first kappa shape index (κ1) is 8.36. The summed E-state index contributed by atoms with van der Waals surface area (Å²) in [7, 11) is 0.541. The summed E-state index contributed by atoms with van der Waals surface area (Å²) < 4.78 is 13.8. The molecule has 0 aliphatic carbocycles. The monoisotopic (exact) mass is 170 g/mol. The van der Waals surface area contributed by atoms with Crippen molar-refractivity contribution in [3.05, 3.63) is 24.0 Å². The van der Waals surface area contributed by atoms with Gasteiger partial charge >= 0.3 is 0 Å². The Morgan fingerprint density at radius 2 is 2.36 bits per heavy atom. The Labute approximate surface area is 68.4 Å². The van der Waals surface area contributed by atoms with Gasteiger partial charge in [-0.05, 0) is 26.1 Å². The minimum atomic E-state index is -1.11. The highest BCUT2D eigenvalue weighted by Gasteiger charge is 2.03. The number of hydrogen-bond donors (Lipinski definition) is 1. The van der Waals surface area contributed by atoms with Crippen LogP contribution in [0.25, 0.3) is 0 Å². The van der Waals surface area contributed by atoms with E-state index in [0.717, 1.165) is 10.6 Å². The van der Waals surface area contributed by atoms with Gasteiger partial charge in [-0.2, -0.15) is 0 Å². The number of rotatable bonds is 2. The zero-order chi connectivity index (χ0) is 8.27. The Bertz CT molecular complexity index is 275. The Morgan fingerprint density at radius 1 is 1.64 bits per heavy atom. The molecule has 1 N–H and O–H groups in total. The largest absolute Gasteiger partial charge is 0.260 e. The SMILES string of the molecule is CNS(=O)c1cccnc1C. The molecule has 0 aliphatic heterocycles. The van der Waals surface area contributed by atoms with Gasteiger partial charge in [0.05, 0.1) is 10.6 Å². The molecule has 1 aromatic heterocycles. The van der Waals surface area contributed by atoms with Gasteiger partial charge < -0.3 is 0 Å². The second kappa shape index (κ2) is 3.59. The second-order valence-electron chi connectivity index (χ2n) is 2.06. The molecule has 0 spiro atoms. The van der Waals surface area contributed by atoms with Gasteiger partial charge in [0.1, 0.15) is 11.0 Å². The van der Waals surface area contributed by atoms with Crippen LogP contribution >= 0.6 is 0 Å². The van der Waals surface area contributed by atoms with E-state index in [2.05, 4.69) is 9.71 Å². The number of aryl methyl sites for hydroxylation is 1. The molecule has 4 heteroatoms. The van der Waals surface area contributed by atoms with Crippen LogP contribution in [0.2, 0.25) is 0 Å².